The van der Waals surface area contributed by atoms with E-state index in [0.717, 1.165) is 28.2 Å². The third-order valence-corrected chi connectivity index (χ3v) is 6.56. The maximum Gasteiger partial charge on any atom is 0.200 e. The van der Waals surface area contributed by atoms with Crippen molar-refractivity contribution in [3.8, 4) is 17.3 Å². The van der Waals surface area contributed by atoms with Crippen molar-refractivity contribution in [2.45, 2.75) is 69.5 Å². The van der Waals surface area contributed by atoms with E-state index < -0.39 is 0 Å². The Morgan fingerprint density at radius 1 is 1.07 bits per heavy atom. The van der Waals surface area contributed by atoms with Crippen molar-refractivity contribution in [2.24, 2.45) is 0 Å². The summed E-state index contributed by atoms with van der Waals surface area (Å²) in [6.07, 6.45) is 7.89. The summed E-state index contributed by atoms with van der Waals surface area (Å²) in [6, 6.07) is 12.7. The summed E-state index contributed by atoms with van der Waals surface area (Å²) in [4.78, 5) is 0. The lowest BCUT2D eigenvalue weighted by Gasteiger charge is -2.25. The van der Waals surface area contributed by atoms with Crippen LogP contribution in [0, 0.1) is 0 Å². The molecule has 4 rings (SSSR count). The van der Waals surface area contributed by atoms with E-state index in [1.54, 1.807) is 18.0 Å². The predicted molar refractivity (Wildman–Crippen MR) is 121 cm³/mol. The van der Waals surface area contributed by atoms with Crippen LogP contribution in [-0.4, -0.2) is 27.1 Å². The second kappa shape index (κ2) is 9.29. The minimum atomic E-state index is 0.156. The largest absolute Gasteiger partial charge is 0.493 e. The summed E-state index contributed by atoms with van der Waals surface area (Å²) < 4.78 is 13.9. The smallest absolute Gasteiger partial charge is 0.200 e. The summed E-state index contributed by atoms with van der Waals surface area (Å²) in [7, 11) is 0. The third-order valence-electron chi connectivity index (χ3n) is 5.65. The lowest BCUT2D eigenvalue weighted by molar-refractivity contribution is 0.335. The van der Waals surface area contributed by atoms with Gasteiger partial charge in [0.2, 0.25) is 5.82 Å². The summed E-state index contributed by atoms with van der Waals surface area (Å²) in [6.45, 7) is 7.30. The topological polar surface area (TPSA) is 53.1 Å². The van der Waals surface area contributed by atoms with Crippen LogP contribution in [-0.2, 0) is 5.41 Å². The van der Waals surface area contributed by atoms with E-state index >= 15 is 0 Å². The van der Waals surface area contributed by atoms with Gasteiger partial charge in [-0.2, -0.15) is 0 Å². The first-order valence-corrected chi connectivity index (χ1v) is 11.9. The molecule has 0 radical (unpaired) electrons. The Hall–Kier alpha value is -2.21. The molecule has 30 heavy (non-hydrogen) atoms. The summed E-state index contributed by atoms with van der Waals surface area (Å²) in [5.74, 6) is 3.36. The van der Waals surface area contributed by atoms with Gasteiger partial charge in [-0.05, 0) is 48.1 Å². The molecular formula is C24H31N3O2S. The van der Waals surface area contributed by atoms with Crippen molar-refractivity contribution >= 4 is 11.8 Å². The zero-order valence-electron chi connectivity index (χ0n) is 18.1. The third kappa shape index (κ3) is 4.91. The van der Waals surface area contributed by atoms with Crippen molar-refractivity contribution in [1.29, 1.82) is 0 Å². The normalized spacial score (nSPS) is 15.4. The van der Waals surface area contributed by atoms with Crippen LogP contribution in [0.15, 0.2) is 52.2 Å². The highest BCUT2D eigenvalue weighted by Gasteiger charge is 2.24. The van der Waals surface area contributed by atoms with Gasteiger partial charge >= 0.3 is 0 Å². The first kappa shape index (κ1) is 21.0. The molecule has 1 aliphatic rings. The van der Waals surface area contributed by atoms with Crippen LogP contribution in [0.25, 0.3) is 11.6 Å². The van der Waals surface area contributed by atoms with Crippen LogP contribution in [0.3, 0.4) is 0 Å². The van der Waals surface area contributed by atoms with Gasteiger partial charge in [-0.25, -0.2) is 0 Å². The predicted octanol–water partition coefficient (Wildman–Crippen LogP) is 6.51. The lowest BCUT2D eigenvalue weighted by Crippen LogP contribution is -2.15. The molecule has 0 atom stereocenters. The lowest BCUT2D eigenvalue weighted by atomic mass is 9.87. The van der Waals surface area contributed by atoms with Crippen molar-refractivity contribution in [3.05, 3.63) is 48.2 Å². The minimum absolute atomic E-state index is 0.156. The molecule has 1 fully saturated rings. The van der Waals surface area contributed by atoms with Crippen molar-refractivity contribution < 1.29 is 9.15 Å². The van der Waals surface area contributed by atoms with Gasteiger partial charge in [0.25, 0.3) is 0 Å². The average molecular weight is 426 g/mol. The first-order valence-electron chi connectivity index (χ1n) is 10.9. The fraction of sp³-hybridized carbons (Fsp3) is 0.500. The van der Waals surface area contributed by atoms with Crippen LogP contribution in [0.1, 0.15) is 64.5 Å². The first-order chi connectivity index (χ1) is 14.5. The van der Waals surface area contributed by atoms with Gasteiger partial charge in [0.05, 0.1) is 12.9 Å². The van der Waals surface area contributed by atoms with Crippen molar-refractivity contribution in [3.63, 3.8) is 0 Å². The van der Waals surface area contributed by atoms with E-state index in [2.05, 4.69) is 59.8 Å². The Kier molecular flexibility index (Phi) is 6.52. The van der Waals surface area contributed by atoms with E-state index in [4.69, 9.17) is 9.15 Å². The molecule has 0 amide bonds. The Morgan fingerprint density at radius 2 is 1.83 bits per heavy atom. The summed E-state index contributed by atoms with van der Waals surface area (Å²) in [5, 5.41) is 9.91. The van der Waals surface area contributed by atoms with E-state index in [0.29, 0.717) is 12.6 Å². The highest BCUT2D eigenvalue weighted by molar-refractivity contribution is 7.99. The van der Waals surface area contributed by atoms with Crippen molar-refractivity contribution in [1.82, 2.24) is 14.8 Å². The Balaban J connectivity index is 1.39. The summed E-state index contributed by atoms with van der Waals surface area (Å²) >= 11 is 1.71. The zero-order valence-corrected chi connectivity index (χ0v) is 19.0. The molecule has 0 N–H and O–H groups in total. The average Bonchev–Trinajstić information content (AvgIpc) is 3.41. The van der Waals surface area contributed by atoms with Crippen LogP contribution in [0.2, 0.25) is 0 Å². The fourth-order valence-electron chi connectivity index (χ4n) is 3.96. The molecule has 0 unspecified atom stereocenters. The van der Waals surface area contributed by atoms with Gasteiger partial charge in [-0.3, -0.25) is 4.57 Å². The second-order valence-corrected chi connectivity index (χ2v) is 9.98. The van der Waals surface area contributed by atoms with Gasteiger partial charge in [-0.1, -0.05) is 63.9 Å². The molecule has 0 bridgehead atoms. The molecule has 0 spiro atoms. The molecule has 6 heteroatoms. The Morgan fingerprint density at radius 3 is 2.50 bits per heavy atom. The number of rotatable bonds is 7. The minimum Gasteiger partial charge on any atom is -0.493 e. The van der Waals surface area contributed by atoms with Crippen LogP contribution in [0.4, 0.5) is 0 Å². The fourth-order valence-corrected chi connectivity index (χ4v) is 4.78. The van der Waals surface area contributed by atoms with Crippen LogP contribution >= 0.6 is 11.8 Å². The summed E-state index contributed by atoms with van der Waals surface area (Å²) in [5.41, 5.74) is 1.47. The standard InChI is InChI=1S/C24H31N3O2S/c1-24(2,3)18-11-13-20(14-12-18)28-16-17-30-23-26-25-22(21-10-7-15-29-21)27(23)19-8-5-4-6-9-19/h7,10-15,19H,4-6,8-9,16-17H2,1-3H3. The highest BCUT2D eigenvalue weighted by Crippen LogP contribution is 2.35. The number of hydrogen-bond acceptors (Lipinski definition) is 5. The van der Waals surface area contributed by atoms with Gasteiger partial charge < -0.3 is 9.15 Å². The van der Waals surface area contributed by atoms with E-state index in [-0.39, 0.29) is 5.41 Å². The molecule has 2 aromatic heterocycles. The van der Waals surface area contributed by atoms with Crippen molar-refractivity contribution in [2.75, 3.05) is 12.4 Å². The Bertz CT molecular complexity index is 921. The van der Waals surface area contributed by atoms with Gasteiger partial charge in [0.15, 0.2) is 10.9 Å². The molecule has 160 valence electrons. The highest BCUT2D eigenvalue weighted by atomic mass is 32.2. The number of furan rings is 1. The molecule has 3 aromatic rings. The van der Waals surface area contributed by atoms with Gasteiger partial charge in [0.1, 0.15) is 5.75 Å². The quantitative estimate of drug-likeness (QED) is 0.319. The number of benzene rings is 1. The maximum atomic E-state index is 5.96. The number of hydrogen-bond donors (Lipinski definition) is 0. The zero-order chi connectivity index (χ0) is 21.0. The van der Waals surface area contributed by atoms with E-state index in [1.807, 2.05) is 12.1 Å². The SMILES string of the molecule is CC(C)(C)c1ccc(OCCSc2nnc(-c3ccco3)n2C2CCCCC2)cc1. The molecular weight excluding hydrogens is 394 g/mol. The molecule has 0 saturated heterocycles. The molecule has 5 nitrogen and oxygen atoms in total. The number of ether oxygens (including phenoxy) is 1. The molecule has 0 aliphatic heterocycles. The number of nitrogens with zero attached hydrogens (tertiary/aromatic N) is 3. The van der Waals surface area contributed by atoms with Gasteiger partial charge in [-0.15, -0.1) is 10.2 Å². The van der Waals surface area contributed by atoms with Gasteiger partial charge in [0, 0.05) is 11.8 Å². The second-order valence-electron chi connectivity index (χ2n) is 8.92. The van der Waals surface area contributed by atoms with E-state index in [1.165, 1.54) is 37.7 Å². The molecule has 1 aromatic carbocycles. The maximum absolute atomic E-state index is 5.96. The molecule has 1 aliphatic carbocycles. The molecule has 2 heterocycles. The number of aromatic nitrogens is 3. The van der Waals surface area contributed by atoms with Crippen LogP contribution < -0.4 is 4.74 Å². The number of thioether (sulfide) groups is 1. The van der Waals surface area contributed by atoms with Crippen LogP contribution in [0.5, 0.6) is 5.75 Å². The molecule has 1 saturated carbocycles. The Labute approximate surface area is 183 Å². The van der Waals surface area contributed by atoms with E-state index in [9.17, 15) is 0 Å². The monoisotopic (exact) mass is 425 g/mol.